The van der Waals surface area contributed by atoms with Crippen LogP contribution in [-0.2, 0) is 0 Å². The Morgan fingerprint density at radius 2 is 1.67 bits per heavy atom. The molecule has 0 spiro atoms. The van der Waals surface area contributed by atoms with Gasteiger partial charge in [0.2, 0.25) is 0 Å². The number of rotatable bonds is 1. The van der Waals surface area contributed by atoms with Crippen LogP contribution in [-0.4, -0.2) is 0 Å². The molecular formula is C9H16. The molecule has 0 aromatic heterocycles. The third-order valence-electron chi connectivity index (χ3n) is 3.77. The zero-order chi connectivity index (χ0) is 6.59. The van der Waals surface area contributed by atoms with Gasteiger partial charge < -0.3 is 0 Å². The van der Waals surface area contributed by atoms with Crippen LogP contribution in [0.3, 0.4) is 0 Å². The van der Waals surface area contributed by atoms with Crippen LogP contribution in [0.1, 0.15) is 27.2 Å². The van der Waals surface area contributed by atoms with E-state index in [9.17, 15) is 0 Å². The van der Waals surface area contributed by atoms with Crippen molar-refractivity contribution in [3.63, 3.8) is 0 Å². The first-order chi connectivity index (χ1) is 4.27. The molecule has 2 rings (SSSR count). The average Bonchev–Trinajstić information content (AvgIpc) is 2.38. The molecule has 0 saturated heterocycles. The van der Waals surface area contributed by atoms with E-state index >= 15 is 0 Å². The van der Waals surface area contributed by atoms with Gasteiger partial charge in [-0.3, -0.25) is 0 Å². The molecule has 2 fully saturated rings. The second-order valence-electron chi connectivity index (χ2n) is 3.95. The fourth-order valence-corrected chi connectivity index (χ4v) is 3.16. The molecule has 0 aromatic rings. The Balaban J connectivity index is 2.00. The monoisotopic (exact) mass is 124 g/mol. The molecule has 0 bridgehead atoms. The van der Waals surface area contributed by atoms with E-state index < -0.39 is 0 Å². The summed E-state index contributed by atoms with van der Waals surface area (Å²) in [7, 11) is 0. The zero-order valence-electron chi connectivity index (χ0n) is 6.59. The molecule has 2 saturated carbocycles. The summed E-state index contributed by atoms with van der Waals surface area (Å²) in [4.78, 5) is 0. The lowest BCUT2D eigenvalue weighted by atomic mass is 9.74. The minimum absolute atomic E-state index is 1.06. The highest BCUT2D eigenvalue weighted by Crippen LogP contribution is 2.68. The molecule has 52 valence electrons. The summed E-state index contributed by atoms with van der Waals surface area (Å²) in [5, 5.41) is 0. The lowest BCUT2D eigenvalue weighted by Gasteiger charge is -2.31. The van der Waals surface area contributed by atoms with Crippen molar-refractivity contribution in [2.75, 3.05) is 0 Å². The van der Waals surface area contributed by atoms with Gasteiger partial charge in [-0.1, -0.05) is 27.2 Å². The Labute approximate surface area is 57.6 Å². The highest BCUT2D eigenvalue weighted by Gasteiger charge is 2.63. The normalized spacial score (nSPS) is 62.3. The Morgan fingerprint density at radius 1 is 1.00 bits per heavy atom. The second kappa shape index (κ2) is 1.53. The van der Waals surface area contributed by atoms with Gasteiger partial charge in [-0.15, -0.1) is 0 Å². The van der Waals surface area contributed by atoms with Crippen molar-refractivity contribution in [3.05, 3.63) is 0 Å². The van der Waals surface area contributed by atoms with Gasteiger partial charge in [0.05, 0.1) is 0 Å². The second-order valence-corrected chi connectivity index (χ2v) is 3.95. The van der Waals surface area contributed by atoms with Crippen LogP contribution in [0.2, 0.25) is 0 Å². The van der Waals surface area contributed by atoms with E-state index in [1.807, 2.05) is 0 Å². The molecule has 5 unspecified atom stereocenters. The van der Waals surface area contributed by atoms with Gasteiger partial charge in [0.15, 0.2) is 0 Å². The molecule has 0 N–H and O–H groups in total. The quantitative estimate of drug-likeness (QED) is 0.504. The highest BCUT2D eigenvalue weighted by atomic mass is 14.7. The maximum Gasteiger partial charge on any atom is -0.0321 e. The van der Waals surface area contributed by atoms with Gasteiger partial charge in [-0.2, -0.15) is 0 Å². The minimum atomic E-state index is 1.06. The molecular weight excluding hydrogens is 108 g/mol. The Bertz CT molecular complexity index is 122. The van der Waals surface area contributed by atoms with Gasteiger partial charge in [0, 0.05) is 0 Å². The number of hydrogen-bond acceptors (Lipinski definition) is 0. The minimum Gasteiger partial charge on any atom is -0.0651 e. The number of fused-ring (bicyclic) bond motifs is 1. The van der Waals surface area contributed by atoms with Crippen molar-refractivity contribution in [1.82, 2.24) is 0 Å². The van der Waals surface area contributed by atoms with Crippen molar-refractivity contribution >= 4 is 0 Å². The van der Waals surface area contributed by atoms with E-state index in [4.69, 9.17) is 0 Å². The van der Waals surface area contributed by atoms with Gasteiger partial charge in [-0.25, -0.2) is 0 Å². The lowest BCUT2D eigenvalue weighted by Crippen LogP contribution is -2.26. The molecule has 5 atom stereocenters. The lowest BCUT2D eigenvalue weighted by molar-refractivity contribution is 0.168. The van der Waals surface area contributed by atoms with E-state index in [1.54, 1.807) is 0 Å². The topological polar surface area (TPSA) is 0 Å². The SMILES string of the molecule is CCC1C(C)C2C(C)C12. The average molecular weight is 124 g/mol. The first-order valence-corrected chi connectivity index (χ1v) is 4.27. The largest absolute Gasteiger partial charge is 0.0651 e. The van der Waals surface area contributed by atoms with E-state index in [-0.39, 0.29) is 0 Å². The van der Waals surface area contributed by atoms with Crippen molar-refractivity contribution in [1.29, 1.82) is 0 Å². The van der Waals surface area contributed by atoms with Crippen molar-refractivity contribution in [3.8, 4) is 0 Å². The summed E-state index contributed by atoms with van der Waals surface area (Å²) >= 11 is 0. The Hall–Kier alpha value is 0. The summed E-state index contributed by atoms with van der Waals surface area (Å²) in [6.45, 7) is 7.18. The fourth-order valence-electron chi connectivity index (χ4n) is 3.16. The van der Waals surface area contributed by atoms with Gasteiger partial charge >= 0.3 is 0 Å². The van der Waals surface area contributed by atoms with Crippen LogP contribution in [0.5, 0.6) is 0 Å². The summed E-state index contributed by atoms with van der Waals surface area (Å²) in [6.07, 6.45) is 1.42. The van der Waals surface area contributed by atoms with E-state index in [1.165, 1.54) is 6.42 Å². The van der Waals surface area contributed by atoms with Gasteiger partial charge in [0.25, 0.3) is 0 Å². The third-order valence-corrected chi connectivity index (χ3v) is 3.77. The van der Waals surface area contributed by atoms with Crippen LogP contribution in [0.15, 0.2) is 0 Å². The summed E-state index contributed by atoms with van der Waals surface area (Å²) in [5.74, 6) is 5.56. The van der Waals surface area contributed by atoms with Crippen molar-refractivity contribution in [2.45, 2.75) is 27.2 Å². The first kappa shape index (κ1) is 5.76. The molecule has 9 heavy (non-hydrogen) atoms. The zero-order valence-corrected chi connectivity index (χ0v) is 6.59. The van der Waals surface area contributed by atoms with Gasteiger partial charge in [0.1, 0.15) is 0 Å². The van der Waals surface area contributed by atoms with Crippen LogP contribution in [0.4, 0.5) is 0 Å². The molecule has 2 aliphatic carbocycles. The van der Waals surface area contributed by atoms with Crippen molar-refractivity contribution < 1.29 is 0 Å². The molecule has 2 aliphatic rings. The van der Waals surface area contributed by atoms with Crippen molar-refractivity contribution in [2.24, 2.45) is 29.6 Å². The Morgan fingerprint density at radius 3 is 1.89 bits per heavy atom. The molecule has 0 radical (unpaired) electrons. The standard InChI is InChI=1S/C9H16/c1-4-7-5(2)8-6(3)9(7)8/h5-9H,4H2,1-3H3. The van der Waals surface area contributed by atoms with Crippen LogP contribution in [0, 0.1) is 29.6 Å². The predicted octanol–water partition coefficient (Wildman–Crippen LogP) is 2.54. The summed E-state index contributed by atoms with van der Waals surface area (Å²) in [5.41, 5.74) is 0. The first-order valence-electron chi connectivity index (χ1n) is 4.27. The van der Waals surface area contributed by atoms with E-state index in [2.05, 4.69) is 20.8 Å². The van der Waals surface area contributed by atoms with E-state index in [0.717, 1.165) is 29.6 Å². The summed E-state index contributed by atoms with van der Waals surface area (Å²) in [6, 6.07) is 0. The molecule has 0 aliphatic heterocycles. The molecule has 0 nitrogen and oxygen atoms in total. The highest BCUT2D eigenvalue weighted by molar-refractivity contribution is 5.11. The van der Waals surface area contributed by atoms with Crippen LogP contribution in [0.25, 0.3) is 0 Å². The van der Waals surface area contributed by atoms with Crippen LogP contribution >= 0.6 is 0 Å². The molecule has 0 aromatic carbocycles. The number of hydrogen-bond donors (Lipinski definition) is 0. The molecule has 0 heterocycles. The molecule has 0 heteroatoms. The van der Waals surface area contributed by atoms with Crippen LogP contribution < -0.4 is 0 Å². The predicted molar refractivity (Wildman–Crippen MR) is 39.1 cm³/mol. The molecule has 0 amide bonds. The maximum absolute atomic E-state index is 2.43. The smallest absolute Gasteiger partial charge is 0.0321 e. The summed E-state index contributed by atoms with van der Waals surface area (Å²) < 4.78 is 0. The Kier molecular flexibility index (Phi) is 0.980. The third kappa shape index (κ3) is 0.500. The van der Waals surface area contributed by atoms with E-state index in [0.29, 0.717) is 0 Å². The maximum atomic E-state index is 2.43. The fraction of sp³-hybridized carbons (Fsp3) is 1.00. The van der Waals surface area contributed by atoms with Gasteiger partial charge in [-0.05, 0) is 29.6 Å².